The molecule has 2 aromatic rings. The van der Waals surface area contributed by atoms with E-state index in [9.17, 15) is 4.79 Å². The van der Waals surface area contributed by atoms with Crippen LogP contribution in [0.15, 0.2) is 27.6 Å². The number of rotatable bonds is 2. The van der Waals surface area contributed by atoms with E-state index in [1.807, 2.05) is 4.90 Å². The second-order valence-corrected chi connectivity index (χ2v) is 3.90. The highest BCUT2D eigenvalue weighted by Gasteiger charge is 2.16. The van der Waals surface area contributed by atoms with E-state index in [-0.39, 0.29) is 11.3 Å². The summed E-state index contributed by atoms with van der Waals surface area (Å²) in [6.07, 6.45) is 1.49. The van der Waals surface area contributed by atoms with E-state index >= 15 is 0 Å². The van der Waals surface area contributed by atoms with E-state index in [4.69, 9.17) is 9.15 Å². The van der Waals surface area contributed by atoms with E-state index in [2.05, 4.69) is 15.2 Å². The zero-order valence-corrected chi connectivity index (χ0v) is 9.63. The van der Waals surface area contributed by atoms with Crippen molar-refractivity contribution in [2.75, 3.05) is 31.2 Å². The summed E-state index contributed by atoms with van der Waals surface area (Å²) in [4.78, 5) is 16.6. The molecule has 0 aromatic carbocycles. The number of anilines is 1. The number of hydrogen-bond acceptors (Lipinski definition) is 6. The molecule has 0 atom stereocenters. The Kier molecular flexibility index (Phi) is 2.81. The lowest BCUT2D eigenvalue weighted by Crippen LogP contribution is -2.38. The molecule has 7 heteroatoms. The van der Waals surface area contributed by atoms with Crippen LogP contribution < -0.4 is 10.5 Å². The summed E-state index contributed by atoms with van der Waals surface area (Å²) in [6, 6.07) is 3.38. The number of aromatic nitrogens is 3. The number of H-pyrrole nitrogens is 1. The first-order valence-electron chi connectivity index (χ1n) is 5.68. The molecule has 94 valence electrons. The molecule has 0 saturated carbocycles. The Labute approximate surface area is 102 Å². The van der Waals surface area contributed by atoms with Crippen LogP contribution in [0.5, 0.6) is 0 Å². The van der Waals surface area contributed by atoms with E-state index in [1.54, 1.807) is 12.1 Å². The molecule has 18 heavy (non-hydrogen) atoms. The van der Waals surface area contributed by atoms with Crippen LogP contribution in [0.4, 0.5) is 5.95 Å². The van der Waals surface area contributed by atoms with Gasteiger partial charge in [0.25, 0.3) is 5.56 Å². The first-order chi connectivity index (χ1) is 8.84. The molecule has 0 radical (unpaired) electrons. The van der Waals surface area contributed by atoms with Crippen molar-refractivity contribution in [3.05, 3.63) is 28.7 Å². The molecule has 1 fully saturated rings. The molecular weight excluding hydrogens is 236 g/mol. The summed E-state index contributed by atoms with van der Waals surface area (Å²) in [5.41, 5.74) is -0.113. The monoisotopic (exact) mass is 248 g/mol. The Morgan fingerprint density at radius 3 is 2.78 bits per heavy atom. The second-order valence-electron chi connectivity index (χ2n) is 3.90. The molecule has 1 aliphatic rings. The van der Waals surface area contributed by atoms with Gasteiger partial charge < -0.3 is 14.1 Å². The van der Waals surface area contributed by atoms with Crippen LogP contribution >= 0.6 is 0 Å². The lowest BCUT2D eigenvalue weighted by Gasteiger charge is -2.26. The molecule has 1 N–H and O–H groups in total. The molecule has 3 heterocycles. The number of ether oxygens (including phenoxy) is 1. The van der Waals surface area contributed by atoms with Crippen molar-refractivity contribution in [3.8, 4) is 11.5 Å². The Morgan fingerprint density at radius 1 is 1.28 bits per heavy atom. The number of furan rings is 1. The van der Waals surface area contributed by atoms with Gasteiger partial charge in [0.2, 0.25) is 5.95 Å². The number of nitrogens with one attached hydrogen (secondary N) is 1. The number of hydrogen-bond donors (Lipinski definition) is 1. The molecule has 0 amide bonds. The summed E-state index contributed by atoms with van der Waals surface area (Å²) >= 11 is 0. The van der Waals surface area contributed by atoms with Gasteiger partial charge in [-0.3, -0.25) is 9.78 Å². The molecule has 2 aromatic heterocycles. The fourth-order valence-electron chi connectivity index (χ4n) is 1.82. The van der Waals surface area contributed by atoms with E-state index in [1.165, 1.54) is 6.26 Å². The van der Waals surface area contributed by atoms with Crippen molar-refractivity contribution in [2.45, 2.75) is 0 Å². The first kappa shape index (κ1) is 11.0. The van der Waals surface area contributed by atoms with Crippen molar-refractivity contribution in [1.29, 1.82) is 0 Å². The lowest BCUT2D eigenvalue weighted by molar-refractivity contribution is 0.122. The van der Waals surface area contributed by atoms with Gasteiger partial charge >= 0.3 is 0 Å². The van der Waals surface area contributed by atoms with Gasteiger partial charge in [-0.05, 0) is 12.1 Å². The SMILES string of the molecule is O=c1[nH]c(N2CCOCC2)nnc1-c1ccco1. The fourth-order valence-corrected chi connectivity index (χ4v) is 1.82. The van der Waals surface area contributed by atoms with Crippen LogP contribution in [0.3, 0.4) is 0 Å². The molecule has 1 aliphatic heterocycles. The molecule has 0 aliphatic carbocycles. The zero-order valence-electron chi connectivity index (χ0n) is 9.63. The molecule has 3 rings (SSSR count). The number of morpholine rings is 1. The average molecular weight is 248 g/mol. The van der Waals surface area contributed by atoms with Gasteiger partial charge in [-0.15, -0.1) is 10.2 Å². The maximum atomic E-state index is 11.9. The quantitative estimate of drug-likeness (QED) is 0.820. The minimum atomic E-state index is -0.304. The third kappa shape index (κ3) is 2.00. The van der Waals surface area contributed by atoms with Gasteiger partial charge in [0.15, 0.2) is 11.5 Å². The molecule has 0 bridgehead atoms. The van der Waals surface area contributed by atoms with Gasteiger partial charge in [0.1, 0.15) is 0 Å². The highest BCUT2D eigenvalue weighted by molar-refractivity contribution is 5.50. The predicted octanol–water partition coefficient (Wildman–Crippen LogP) is 0.261. The summed E-state index contributed by atoms with van der Waals surface area (Å²) < 4.78 is 10.4. The summed E-state index contributed by atoms with van der Waals surface area (Å²) in [6.45, 7) is 2.66. The molecule has 7 nitrogen and oxygen atoms in total. The fraction of sp³-hybridized carbons (Fsp3) is 0.364. The zero-order chi connectivity index (χ0) is 12.4. The summed E-state index contributed by atoms with van der Waals surface area (Å²) in [7, 11) is 0. The van der Waals surface area contributed by atoms with Crippen molar-refractivity contribution < 1.29 is 9.15 Å². The third-order valence-corrected chi connectivity index (χ3v) is 2.75. The Morgan fingerprint density at radius 2 is 2.11 bits per heavy atom. The van der Waals surface area contributed by atoms with Gasteiger partial charge in [-0.25, -0.2) is 0 Å². The van der Waals surface area contributed by atoms with Gasteiger partial charge in [0.05, 0.1) is 19.5 Å². The highest BCUT2D eigenvalue weighted by Crippen LogP contribution is 2.13. The van der Waals surface area contributed by atoms with Crippen LogP contribution in [0.2, 0.25) is 0 Å². The summed E-state index contributed by atoms with van der Waals surface area (Å²) in [5.74, 6) is 0.885. The topological polar surface area (TPSA) is 84.2 Å². The van der Waals surface area contributed by atoms with Gasteiger partial charge in [-0.2, -0.15) is 0 Å². The van der Waals surface area contributed by atoms with E-state index < -0.39 is 0 Å². The average Bonchev–Trinajstić information content (AvgIpc) is 2.93. The normalized spacial score (nSPS) is 15.9. The second kappa shape index (κ2) is 4.61. The molecular formula is C11H12N4O3. The van der Waals surface area contributed by atoms with Crippen LogP contribution in [-0.4, -0.2) is 41.5 Å². The lowest BCUT2D eigenvalue weighted by atomic mass is 10.3. The van der Waals surface area contributed by atoms with Gasteiger partial charge in [0, 0.05) is 13.1 Å². The maximum absolute atomic E-state index is 11.9. The molecule has 0 unspecified atom stereocenters. The summed E-state index contributed by atoms with van der Waals surface area (Å²) in [5, 5.41) is 7.95. The standard InChI is InChI=1S/C11H12N4O3/c16-10-9(8-2-1-5-18-8)13-14-11(12-10)15-3-6-17-7-4-15/h1-2,5H,3-4,6-7H2,(H,12,14,16). The molecule has 1 saturated heterocycles. The third-order valence-electron chi connectivity index (χ3n) is 2.75. The van der Waals surface area contributed by atoms with E-state index in [0.29, 0.717) is 38.0 Å². The van der Waals surface area contributed by atoms with Crippen LogP contribution in [-0.2, 0) is 4.74 Å². The Balaban J connectivity index is 1.91. The smallest absolute Gasteiger partial charge is 0.282 e. The predicted molar refractivity (Wildman–Crippen MR) is 63.4 cm³/mol. The highest BCUT2D eigenvalue weighted by atomic mass is 16.5. The van der Waals surface area contributed by atoms with E-state index in [0.717, 1.165) is 0 Å². The van der Waals surface area contributed by atoms with Crippen LogP contribution in [0, 0.1) is 0 Å². The first-order valence-corrected chi connectivity index (χ1v) is 5.68. The Hall–Kier alpha value is -2.15. The van der Waals surface area contributed by atoms with Crippen molar-refractivity contribution in [1.82, 2.24) is 15.2 Å². The maximum Gasteiger partial charge on any atom is 0.282 e. The van der Waals surface area contributed by atoms with Crippen LogP contribution in [0.25, 0.3) is 11.5 Å². The van der Waals surface area contributed by atoms with Gasteiger partial charge in [-0.1, -0.05) is 0 Å². The largest absolute Gasteiger partial charge is 0.462 e. The molecule has 0 spiro atoms. The van der Waals surface area contributed by atoms with Crippen molar-refractivity contribution in [3.63, 3.8) is 0 Å². The number of nitrogens with zero attached hydrogens (tertiary/aromatic N) is 3. The Bertz CT molecular complexity index is 572. The van der Waals surface area contributed by atoms with Crippen molar-refractivity contribution >= 4 is 5.95 Å². The van der Waals surface area contributed by atoms with Crippen LogP contribution in [0.1, 0.15) is 0 Å². The number of aromatic amines is 1. The minimum absolute atomic E-state index is 0.192. The van der Waals surface area contributed by atoms with Crippen molar-refractivity contribution in [2.24, 2.45) is 0 Å². The minimum Gasteiger partial charge on any atom is -0.462 e.